The van der Waals surface area contributed by atoms with E-state index in [0.717, 1.165) is 42.7 Å². The van der Waals surface area contributed by atoms with Gasteiger partial charge in [0.1, 0.15) is 0 Å². The third kappa shape index (κ3) is 5.41. The summed E-state index contributed by atoms with van der Waals surface area (Å²) in [6.07, 6.45) is 7.50. The second kappa shape index (κ2) is 11.9. The number of benzene rings is 2. The Labute approximate surface area is 196 Å². The van der Waals surface area contributed by atoms with Crippen LogP contribution in [-0.2, 0) is 6.42 Å². The first-order valence-corrected chi connectivity index (χ1v) is 11.2. The highest BCUT2D eigenvalue weighted by molar-refractivity contribution is 6.00. The maximum atomic E-state index is 11.8. The largest absolute Gasteiger partial charge is 1.00 e. The molecule has 0 saturated carbocycles. The fourth-order valence-corrected chi connectivity index (χ4v) is 4.52. The smallest absolute Gasteiger partial charge is 0.339 e. The summed E-state index contributed by atoms with van der Waals surface area (Å²) in [5, 5.41) is 11.8. The lowest BCUT2D eigenvalue weighted by Crippen LogP contribution is -3.00. The van der Waals surface area contributed by atoms with Crippen LogP contribution in [0.15, 0.2) is 36.4 Å². The molecule has 2 aromatic rings. The zero-order valence-electron chi connectivity index (χ0n) is 19.4. The molecular formula is C25H33ClN2O4. The highest BCUT2D eigenvalue weighted by Gasteiger charge is 2.37. The number of nitro benzene ring substituents is 1. The van der Waals surface area contributed by atoms with Crippen LogP contribution in [0.3, 0.4) is 0 Å². The average molecular weight is 461 g/mol. The predicted octanol–water partition coefficient (Wildman–Crippen LogP) is 3.05. The zero-order valence-corrected chi connectivity index (χ0v) is 20.2. The quantitative estimate of drug-likeness (QED) is 0.236. The standard InChI is InChI=1S/C25H33N2O4.ClH/c1-5-6-7-8-9-12-21-20-17-25(31-4)24(30-3)16-19(20)15-18(2)26(21)22-13-10-11-14-23(22)27(28)29;/h10-11,13-14,16-18H,5-9,12,15H2,1-4H3;1H/q+1;/p-1. The summed E-state index contributed by atoms with van der Waals surface area (Å²) < 4.78 is 13.3. The van der Waals surface area contributed by atoms with E-state index in [9.17, 15) is 10.1 Å². The minimum absolute atomic E-state index is 0. The van der Waals surface area contributed by atoms with Gasteiger partial charge in [-0.25, -0.2) is 0 Å². The molecule has 1 unspecified atom stereocenters. The molecule has 0 saturated heterocycles. The number of hydrogen-bond donors (Lipinski definition) is 0. The summed E-state index contributed by atoms with van der Waals surface area (Å²) in [4.78, 5) is 11.5. The van der Waals surface area contributed by atoms with Crippen LogP contribution in [-0.4, -0.2) is 35.5 Å². The second-order valence-corrected chi connectivity index (χ2v) is 8.14. The number of para-hydroxylation sites is 2. The molecule has 1 heterocycles. The third-order valence-corrected chi connectivity index (χ3v) is 6.02. The molecule has 1 atom stereocenters. The van der Waals surface area contributed by atoms with E-state index in [2.05, 4.69) is 24.5 Å². The van der Waals surface area contributed by atoms with E-state index in [4.69, 9.17) is 9.47 Å². The number of fused-ring (bicyclic) bond motifs is 1. The molecule has 1 aliphatic rings. The number of nitrogens with zero attached hydrogens (tertiary/aromatic N) is 2. The fourth-order valence-electron chi connectivity index (χ4n) is 4.52. The summed E-state index contributed by atoms with van der Waals surface area (Å²) in [6.45, 7) is 4.34. The van der Waals surface area contributed by atoms with Crippen LogP contribution in [0.4, 0.5) is 11.4 Å². The van der Waals surface area contributed by atoms with Crippen molar-refractivity contribution < 1.29 is 31.4 Å². The molecule has 7 heteroatoms. The Hall–Kier alpha value is -2.60. The normalized spacial score (nSPS) is 15.1. The SMILES string of the molecule is CCCCCCCC1=[N+](c2ccccc2[N+](=O)[O-])C(C)Cc2cc(OC)c(OC)cc21.[Cl-]. The third-order valence-electron chi connectivity index (χ3n) is 6.02. The monoisotopic (exact) mass is 460 g/mol. The van der Waals surface area contributed by atoms with Gasteiger partial charge in [-0.1, -0.05) is 44.7 Å². The zero-order chi connectivity index (χ0) is 22.4. The Bertz CT molecular complexity index is 974. The number of hydrogen-bond acceptors (Lipinski definition) is 4. The van der Waals surface area contributed by atoms with Crippen LogP contribution in [0.2, 0.25) is 0 Å². The number of halogens is 1. The van der Waals surface area contributed by atoms with Gasteiger partial charge in [0.25, 0.3) is 5.69 Å². The van der Waals surface area contributed by atoms with Gasteiger partial charge in [-0.15, -0.1) is 0 Å². The molecule has 32 heavy (non-hydrogen) atoms. The van der Waals surface area contributed by atoms with E-state index in [1.807, 2.05) is 18.2 Å². The minimum Gasteiger partial charge on any atom is -1.00 e. The van der Waals surface area contributed by atoms with Crippen molar-refractivity contribution in [3.63, 3.8) is 0 Å². The number of methoxy groups -OCH3 is 2. The maximum absolute atomic E-state index is 11.8. The molecule has 0 N–H and O–H groups in total. The van der Waals surface area contributed by atoms with Gasteiger partial charge in [-0.05, 0) is 31.0 Å². The van der Waals surface area contributed by atoms with Gasteiger partial charge in [0.05, 0.1) is 19.1 Å². The van der Waals surface area contributed by atoms with Crippen molar-refractivity contribution in [1.29, 1.82) is 0 Å². The van der Waals surface area contributed by atoms with Gasteiger partial charge >= 0.3 is 5.69 Å². The van der Waals surface area contributed by atoms with Gasteiger partial charge in [0.15, 0.2) is 23.3 Å². The van der Waals surface area contributed by atoms with Crippen LogP contribution in [0.25, 0.3) is 0 Å². The Kier molecular flexibility index (Phi) is 9.51. The van der Waals surface area contributed by atoms with Gasteiger partial charge in [0, 0.05) is 30.5 Å². The molecule has 0 amide bonds. The Morgan fingerprint density at radius 1 is 1.06 bits per heavy atom. The van der Waals surface area contributed by atoms with Crippen LogP contribution in [0.5, 0.6) is 11.5 Å². The number of unbranched alkanes of at least 4 members (excludes halogenated alkanes) is 4. The summed E-state index contributed by atoms with van der Waals surface area (Å²) in [7, 11) is 3.29. The van der Waals surface area contributed by atoms with E-state index in [1.54, 1.807) is 26.4 Å². The average Bonchev–Trinajstić information content (AvgIpc) is 2.77. The van der Waals surface area contributed by atoms with Crippen molar-refractivity contribution in [3.8, 4) is 11.5 Å². The first kappa shape index (κ1) is 25.7. The summed E-state index contributed by atoms with van der Waals surface area (Å²) in [5.74, 6) is 1.40. The molecule has 0 radical (unpaired) electrons. The number of nitro groups is 1. The lowest BCUT2D eigenvalue weighted by Gasteiger charge is -2.24. The molecule has 0 aliphatic carbocycles. The van der Waals surface area contributed by atoms with Crippen molar-refractivity contribution in [2.24, 2.45) is 0 Å². The van der Waals surface area contributed by atoms with Gasteiger partial charge < -0.3 is 21.9 Å². The number of rotatable bonds is 10. The lowest BCUT2D eigenvalue weighted by atomic mass is 9.89. The van der Waals surface area contributed by atoms with Crippen molar-refractivity contribution in [1.82, 2.24) is 0 Å². The molecule has 2 aromatic carbocycles. The van der Waals surface area contributed by atoms with Crippen LogP contribution < -0.4 is 21.9 Å². The van der Waals surface area contributed by atoms with E-state index in [1.165, 1.54) is 24.8 Å². The molecule has 174 valence electrons. The topological polar surface area (TPSA) is 64.6 Å². The van der Waals surface area contributed by atoms with E-state index < -0.39 is 0 Å². The molecular weight excluding hydrogens is 428 g/mol. The van der Waals surface area contributed by atoms with Crippen LogP contribution >= 0.6 is 0 Å². The van der Waals surface area contributed by atoms with Gasteiger partial charge in [-0.2, -0.15) is 4.58 Å². The molecule has 0 aromatic heterocycles. The molecule has 0 spiro atoms. The Morgan fingerprint density at radius 2 is 1.72 bits per heavy atom. The first-order chi connectivity index (χ1) is 15.0. The summed E-state index contributed by atoms with van der Waals surface area (Å²) in [6, 6.07) is 11.2. The van der Waals surface area contributed by atoms with Gasteiger partial charge in [-0.3, -0.25) is 10.1 Å². The molecule has 0 fully saturated rings. The van der Waals surface area contributed by atoms with E-state index >= 15 is 0 Å². The summed E-state index contributed by atoms with van der Waals surface area (Å²) >= 11 is 0. The van der Waals surface area contributed by atoms with Crippen molar-refractivity contribution in [2.75, 3.05) is 14.2 Å². The number of ether oxygens (including phenoxy) is 2. The van der Waals surface area contributed by atoms with Crippen LogP contribution in [0.1, 0.15) is 63.5 Å². The minimum atomic E-state index is -0.287. The summed E-state index contributed by atoms with van der Waals surface area (Å²) in [5.41, 5.74) is 4.22. The molecule has 6 nitrogen and oxygen atoms in total. The molecule has 0 bridgehead atoms. The van der Waals surface area contributed by atoms with Crippen molar-refractivity contribution in [3.05, 3.63) is 57.6 Å². The highest BCUT2D eigenvalue weighted by Crippen LogP contribution is 2.38. The maximum Gasteiger partial charge on any atom is 0.339 e. The molecule has 3 rings (SSSR count). The van der Waals surface area contributed by atoms with Crippen molar-refractivity contribution in [2.45, 2.75) is 64.8 Å². The van der Waals surface area contributed by atoms with E-state index in [0.29, 0.717) is 11.4 Å². The Morgan fingerprint density at radius 3 is 2.38 bits per heavy atom. The fraction of sp³-hybridized carbons (Fsp3) is 0.480. The first-order valence-electron chi connectivity index (χ1n) is 11.2. The molecule has 1 aliphatic heterocycles. The Balaban J connectivity index is 0.00000363. The predicted molar refractivity (Wildman–Crippen MR) is 123 cm³/mol. The van der Waals surface area contributed by atoms with E-state index in [-0.39, 0.29) is 29.1 Å². The lowest BCUT2D eigenvalue weighted by molar-refractivity contribution is -0.493. The highest BCUT2D eigenvalue weighted by atomic mass is 35.5. The second-order valence-electron chi connectivity index (χ2n) is 8.14. The van der Waals surface area contributed by atoms with Crippen LogP contribution in [0, 0.1) is 10.1 Å². The van der Waals surface area contributed by atoms with Crippen molar-refractivity contribution >= 4 is 17.1 Å². The van der Waals surface area contributed by atoms with Gasteiger partial charge in [0.2, 0.25) is 0 Å².